The number of nitrogens with one attached hydrogen (secondary N) is 2. The lowest BCUT2D eigenvalue weighted by molar-refractivity contribution is -0.148. The summed E-state index contributed by atoms with van der Waals surface area (Å²) >= 11 is 0. The fraction of sp³-hybridized carbons (Fsp3) is 0.857. The number of carbonyl (C=O) groups excluding carboxylic acids is 2. The van der Waals surface area contributed by atoms with Gasteiger partial charge in [-0.25, -0.2) is 8.42 Å². The zero-order valence-corrected chi connectivity index (χ0v) is 14.4. The summed E-state index contributed by atoms with van der Waals surface area (Å²) in [6, 6.07) is -1.07. The van der Waals surface area contributed by atoms with Crippen LogP contribution < -0.4 is 10.6 Å². The van der Waals surface area contributed by atoms with Crippen LogP contribution in [0, 0.1) is 5.92 Å². The summed E-state index contributed by atoms with van der Waals surface area (Å²) < 4.78 is 27.7. The molecule has 0 aliphatic carbocycles. The van der Waals surface area contributed by atoms with E-state index >= 15 is 0 Å². The third-order valence-corrected chi connectivity index (χ3v) is 5.66. The number of ether oxygens (including phenoxy) is 1. The summed E-state index contributed by atoms with van der Waals surface area (Å²) in [5, 5.41) is 5.79. The van der Waals surface area contributed by atoms with Crippen LogP contribution >= 0.6 is 0 Å². The summed E-state index contributed by atoms with van der Waals surface area (Å²) in [6.45, 7) is 7.30. The minimum atomic E-state index is -3.02. The SMILES string of the molecule is CCOC(=O)[C@H](C)[C@H](C)N[C@H](C)C(=O)N[C@@H]1CCS(=O)(=O)C1. The van der Waals surface area contributed by atoms with Crippen molar-refractivity contribution < 1.29 is 22.7 Å². The molecule has 7 nitrogen and oxygen atoms in total. The van der Waals surface area contributed by atoms with Crippen molar-refractivity contribution in [1.29, 1.82) is 0 Å². The van der Waals surface area contributed by atoms with Gasteiger partial charge in [-0.15, -0.1) is 0 Å². The maximum absolute atomic E-state index is 12.1. The fourth-order valence-corrected chi connectivity index (χ4v) is 4.00. The van der Waals surface area contributed by atoms with Crippen molar-refractivity contribution >= 4 is 21.7 Å². The second-order valence-corrected chi connectivity index (χ2v) is 8.06. The van der Waals surface area contributed by atoms with E-state index in [0.29, 0.717) is 13.0 Å². The predicted molar refractivity (Wildman–Crippen MR) is 83.1 cm³/mol. The Hall–Kier alpha value is -1.15. The topological polar surface area (TPSA) is 102 Å². The van der Waals surface area contributed by atoms with Gasteiger partial charge in [0.1, 0.15) is 0 Å². The highest BCUT2D eigenvalue weighted by molar-refractivity contribution is 7.91. The first kappa shape index (κ1) is 18.9. The number of amides is 1. The Labute approximate surface area is 132 Å². The summed E-state index contributed by atoms with van der Waals surface area (Å²) in [5.41, 5.74) is 0. The van der Waals surface area contributed by atoms with Gasteiger partial charge in [0.2, 0.25) is 5.91 Å². The summed E-state index contributed by atoms with van der Waals surface area (Å²) in [4.78, 5) is 23.7. The van der Waals surface area contributed by atoms with Gasteiger partial charge in [-0.05, 0) is 27.2 Å². The molecule has 0 aromatic carbocycles. The third kappa shape index (κ3) is 5.57. The highest BCUT2D eigenvalue weighted by Gasteiger charge is 2.31. The molecule has 1 amide bonds. The molecule has 22 heavy (non-hydrogen) atoms. The molecule has 1 rings (SSSR count). The van der Waals surface area contributed by atoms with Gasteiger partial charge < -0.3 is 15.4 Å². The van der Waals surface area contributed by atoms with Gasteiger partial charge in [-0.1, -0.05) is 6.92 Å². The van der Waals surface area contributed by atoms with Crippen LogP contribution in [0.1, 0.15) is 34.1 Å². The lowest BCUT2D eigenvalue weighted by Gasteiger charge is -2.24. The van der Waals surface area contributed by atoms with Crippen LogP contribution in [0.5, 0.6) is 0 Å². The molecule has 0 bridgehead atoms. The van der Waals surface area contributed by atoms with E-state index in [0.717, 1.165) is 0 Å². The molecule has 1 heterocycles. The van der Waals surface area contributed by atoms with Crippen LogP contribution in [0.15, 0.2) is 0 Å². The Morgan fingerprint density at radius 2 is 1.91 bits per heavy atom. The maximum Gasteiger partial charge on any atom is 0.310 e. The number of esters is 1. The standard InChI is InChI=1S/C14H26N2O5S/c1-5-21-14(18)9(2)10(3)15-11(4)13(17)16-12-6-7-22(19,20)8-12/h9-12,15H,5-8H2,1-4H3,(H,16,17)/t9-,10+,11-,12-/m1/s1. The monoisotopic (exact) mass is 334 g/mol. The van der Waals surface area contributed by atoms with Crippen LogP contribution in [0.2, 0.25) is 0 Å². The normalized spacial score (nSPS) is 24.3. The van der Waals surface area contributed by atoms with Gasteiger partial charge in [0.15, 0.2) is 9.84 Å². The Bertz CT molecular complexity index is 505. The molecule has 8 heteroatoms. The molecule has 1 aliphatic rings. The van der Waals surface area contributed by atoms with Crippen LogP contribution in [0.25, 0.3) is 0 Å². The van der Waals surface area contributed by atoms with Crippen LogP contribution in [-0.4, -0.2) is 56.5 Å². The second-order valence-electron chi connectivity index (χ2n) is 5.83. The van der Waals surface area contributed by atoms with Gasteiger partial charge in [0, 0.05) is 12.1 Å². The first-order chi connectivity index (χ1) is 10.2. The molecule has 4 atom stereocenters. The zero-order valence-electron chi connectivity index (χ0n) is 13.6. The molecule has 0 radical (unpaired) electrons. The molecule has 0 aromatic rings. The van der Waals surface area contributed by atoms with Gasteiger partial charge in [0.25, 0.3) is 0 Å². The zero-order chi connectivity index (χ0) is 16.9. The second kappa shape index (κ2) is 7.92. The summed E-state index contributed by atoms with van der Waals surface area (Å²) in [7, 11) is -3.02. The number of rotatable bonds is 7. The number of sulfone groups is 1. The Morgan fingerprint density at radius 1 is 1.27 bits per heavy atom. The van der Waals surface area contributed by atoms with Crippen molar-refractivity contribution in [2.75, 3.05) is 18.1 Å². The maximum atomic E-state index is 12.1. The number of carbonyl (C=O) groups is 2. The minimum absolute atomic E-state index is 0.000240. The molecule has 1 saturated heterocycles. The Balaban J connectivity index is 2.45. The first-order valence-electron chi connectivity index (χ1n) is 7.59. The summed E-state index contributed by atoms with van der Waals surface area (Å²) in [5.74, 6) is -0.819. The van der Waals surface area contributed by atoms with E-state index < -0.39 is 15.9 Å². The average molecular weight is 334 g/mol. The molecule has 0 saturated carbocycles. The molecule has 0 spiro atoms. The molecule has 128 valence electrons. The van der Waals surface area contributed by atoms with Gasteiger partial charge in [0.05, 0.1) is 30.1 Å². The van der Waals surface area contributed by atoms with Crippen molar-refractivity contribution in [3.63, 3.8) is 0 Å². The van der Waals surface area contributed by atoms with Gasteiger partial charge in [-0.2, -0.15) is 0 Å². The number of hydrogen-bond acceptors (Lipinski definition) is 6. The van der Waals surface area contributed by atoms with Gasteiger partial charge >= 0.3 is 5.97 Å². The van der Waals surface area contributed by atoms with Crippen LogP contribution in [0.3, 0.4) is 0 Å². The molecule has 1 fully saturated rings. The molecule has 0 unspecified atom stereocenters. The van der Waals surface area contributed by atoms with E-state index in [1.54, 1.807) is 20.8 Å². The van der Waals surface area contributed by atoms with E-state index in [1.165, 1.54) is 0 Å². The van der Waals surface area contributed by atoms with Crippen molar-refractivity contribution in [3.8, 4) is 0 Å². The number of hydrogen-bond donors (Lipinski definition) is 2. The quantitative estimate of drug-likeness (QED) is 0.628. The van der Waals surface area contributed by atoms with E-state index in [2.05, 4.69) is 10.6 Å². The molecular formula is C14H26N2O5S. The van der Waals surface area contributed by atoms with Crippen molar-refractivity contribution in [2.24, 2.45) is 5.92 Å². The van der Waals surface area contributed by atoms with Crippen LogP contribution in [-0.2, 0) is 24.2 Å². The third-order valence-electron chi connectivity index (χ3n) is 3.89. The van der Waals surface area contributed by atoms with Crippen LogP contribution in [0.4, 0.5) is 0 Å². The van der Waals surface area contributed by atoms with E-state index in [4.69, 9.17) is 4.74 Å². The first-order valence-corrected chi connectivity index (χ1v) is 9.42. The molecule has 1 aliphatic heterocycles. The average Bonchev–Trinajstić information content (AvgIpc) is 2.76. The van der Waals surface area contributed by atoms with Crippen molar-refractivity contribution in [3.05, 3.63) is 0 Å². The molecule has 2 N–H and O–H groups in total. The van der Waals surface area contributed by atoms with Gasteiger partial charge in [-0.3, -0.25) is 9.59 Å². The fourth-order valence-electron chi connectivity index (χ4n) is 2.33. The van der Waals surface area contributed by atoms with E-state index in [9.17, 15) is 18.0 Å². The van der Waals surface area contributed by atoms with E-state index in [-0.39, 0.29) is 41.4 Å². The lowest BCUT2D eigenvalue weighted by Crippen LogP contribution is -2.51. The highest BCUT2D eigenvalue weighted by Crippen LogP contribution is 2.12. The Kier molecular flexibility index (Phi) is 6.80. The van der Waals surface area contributed by atoms with E-state index in [1.807, 2.05) is 6.92 Å². The largest absolute Gasteiger partial charge is 0.466 e. The minimum Gasteiger partial charge on any atom is -0.466 e. The molecular weight excluding hydrogens is 308 g/mol. The smallest absolute Gasteiger partial charge is 0.310 e. The Morgan fingerprint density at radius 3 is 2.41 bits per heavy atom. The lowest BCUT2D eigenvalue weighted by atomic mass is 10.0. The predicted octanol–water partition coefficient (Wildman–Crippen LogP) is -0.144. The van der Waals surface area contributed by atoms with Crippen molar-refractivity contribution in [2.45, 2.75) is 52.2 Å². The molecule has 0 aromatic heterocycles. The van der Waals surface area contributed by atoms with Crippen molar-refractivity contribution in [1.82, 2.24) is 10.6 Å². The highest BCUT2D eigenvalue weighted by atomic mass is 32.2. The summed E-state index contributed by atoms with van der Waals surface area (Å²) in [6.07, 6.45) is 0.454.